The standard InChI is InChI=1S/C21H17NO4/c1-26-14-6-7-16-17(8-9-19(23)24)20-15-5-3-2-4-13(15)10-11-22(20)21(25)18(16)12-14/h2-9,12H,10-11H2,1H3,(H,23,24)/b9-8+. The summed E-state index contributed by atoms with van der Waals surface area (Å²) in [7, 11) is 1.55. The second-order valence-corrected chi connectivity index (χ2v) is 6.21. The minimum atomic E-state index is -1.03. The van der Waals surface area contributed by atoms with Crippen LogP contribution in [0.2, 0.25) is 0 Å². The van der Waals surface area contributed by atoms with Crippen LogP contribution in [0.4, 0.5) is 0 Å². The Morgan fingerprint density at radius 1 is 1.19 bits per heavy atom. The van der Waals surface area contributed by atoms with Crippen molar-refractivity contribution in [2.75, 3.05) is 7.11 Å². The van der Waals surface area contributed by atoms with Crippen LogP contribution in [0.15, 0.2) is 53.3 Å². The van der Waals surface area contributed by atoms with E-state index in [9.17, 15) is 9.59 Å². The van der Waals surface area contributed by atoms with Gasteiger partial charge in [0.15, 0.2) is 0 Å². The number of benzene rings is 2. The summed E-state index contributed by atoms with van der Waals surface area (Å²) in [6.45, 7) is 0.562. The van der Waals surface area contributed by atoms with E-state index in [0.29, 0.717) is 17.7 Å². The van der Waals surface area contributed by atoms with Gasteiger partial charge < -0.3 is 14.4 Å². The quantitative estimate of drug-likeness (QED) is 0.738. The first-order valence-corrected chi connectivity index (χ1v) is 8.34. The summed E-state index contributed by atoms with van der Waals surface area (Å²) in [6.07, 6.45) is 3.45. The lowest BCUT2D eigenvalue weighted by atomic mass is 9.91. The number of carbonyl (C=O) groups is 1. The first kappa shape index (κ1) is 16.1. The Morgan fingerprint density at radius 2 is 2.00 bits per heavy atom. The van der Waals surface area contributed by atoms with Crippen LogP contribution in [-0.4, -0.2) is 22.8 Å². The van der Waals surface area contributed by atoms with Crippen molar-refractivity contribution in [1.82, 2.24) is 4.57 Å². The Morgan fingerprint density at radius 3 is 2.77 bits per heavy atom. The summed E-state index contributed by atoms with van der Waals surface area (Å²) >= 11 is 0. The summed E-state index contributed by atoms with van der Waals surface area (Å²) in [4.78, 5) is 24.2. The van der Waals surface area contributed by atoms with E-state index >= 15 is 0 Å². The predicted octanol–water partition coefficient (Wildman–Crippen LogP) is 3.33. The van der Waals surface area contributed by atoms with E-state index in [1.807, 2.05) is 30.3 Å². The fourth-order valence-corrected chi connectivity index (χ4v) is 3.61. The van der Waals surface area contributed by atoms with E-state index in [1.165, 1.54) is 0 Å². The fraction of sp³-hybridized carbons (Fsp3) is 0.143. The summed E-state index contributed by atoms with van der Waals surface area (Å²) in [5, 5.41) is 10.4. The van der Waals surface area contributed by atoms with Crippen LogP contribution in [-0.2, 0) is 17.8 Å². The number of ether oxygens (including phenoxy) is 1. The van der Waals surface area contributed by atoms with Crippen molar-refractivity contribution >= 4 is 22.8 Å². The molecule has 1 N–H and O–H groups in total. The van der Waals surface area contributed by atoms with E-state index in [0.717, 1.165) is 40.3 Å². The number of hydrogen-bond donors (Lipinski definition) is 1. The van der Waals surface area contributed by atoms with E-state index in [1.54, 1.807) is 29.9 Å². The Hall–Kier alpha value is -3.34. The Bertz CT molecular complexity index is 1120. The van der Waals surface area contributed by atoms with Crippen LogP contribution < -0.4 is 10.3 Å². The van der Waals surface area contributed by atoms with Crippen LogP contribution in [0, 0.1) is 0 Å². The number of aryl methyl sites for hydroxylation is 1. The zero-order valence-electron chi connectivity index (χ0n) is 14.2. The number of carboxylic acids is 1. The number of fused-ring (bicyclic) bond motifs is 4. The van der Waals surface area contributed by atoms with Gasteiger partial charge in [0.05, 0.1) is 18.2 Å². The van der Waals surface area contributed by atoms with E-state index in [2.05, 4.69) is 0 Å². The molecule has 26 heavy (non-hydrogen) atoms. The largest absolute Gasteiger partial charge is 0.497 e. The number of hydrogen-bond acceptors (Lipinski definition) is 3. The van der Waals surface area contributed by atoms with Gasteiger partial charge in [-0.1, -0.05) is 24.3 Å². The third-order valence-electron chi connectivity index (χ3n) is 4.79. The van der Waals surface area contributed by atoms with Crippen molar-refractivity contribution in [3.63, 3.8) is 0 Å². The molecule has 0 spiro atoms. The number of rotatable bonds is 3. The Balaban J connectivity index is 2.15. The minimum absolute atomic E-state index is 0.0871. The van der Waals surface area contributed by atoms with Gasteiger partial charge in [0.1, 0.15) is 5.75 Å². The van der Waals surface area contributed by atoms with Crippen molar-refractivity contribution in [2.45, 2.75) is 13.0 Å². The van der Waals surface area contributed by atoms with Crippen LogP contribution in [0.3, 0.4) is 0 Å². The monoisotopic (exact) mass is 347 g/mol. The highest BCUT2D eigenvalue weighted by Gasteiger charge is 2.22. The van der Waals surface area contributed by atoms with Crippen LogP contribution in [0.1, 0.15) is 11.1 Å². The average molecular weight is 347 g/mol. The molecule has 0 radical (unpaired) electrons. The van der Waals surface area contributed by atoms with Crippen molar-refractivity contribution in [1.29, 1.82) is 0 Å². The minimum Gasteiger partial charge on any atom is -0.497 e. The van der Waals surface area contributed by atoms with Gasteiger partial charge in [-0.3, -0.25) is 4.79 Å². The highest BCUT2D eigenvalue weighted by Crippen LogP contribution is 2.35. The van der Waals surface area contributed by atoms with Crippen molar-refractivity contribution < 1.29 is 14.6 Å². The van der Waals surface area contributed by atoms with Gasteiger partial charge in [-0.05, 0) is 41.6 Å². The first-order valence-electron chi connectivity index (χ1n) is 8.34. The highest BCUT2D eigenvalue weighted by atomic mass is 16.5. The van der Waals surface area contributed by atoms with Crippen molar-refractivity contribution in [3.8, 4) is 17.0 Å². The molecule has 1 aromatic heterocycles. The molecule has 0 atom stereocenters. The molecular formula is C21H17NO4. The number of methoxy groups -OCH3 is 1. The molecule has 5 heteroatoms. The lowest BCUT2D eigenvalue weighted by Crippen LogP contribution is -2.27. The van der Waals surface area contributed by atoms with Gasteiger partial charge in [0.25, 0.3) is 5.56 Å². The molecule has 1 aliphatic rings. The Labute approximate surface area is 149 Å². The smallest absolute Gasteiger partial charge is 0.328 e. The lowest BCUT2D eigenvalue weighted by Gasteiger charge is -2.25. The second kappa shape index (κ2) is 6.19. The molecule has 2 aromatic carbocycles. The van der Waals surface area contributed by atoms with E-state index < -0.39 is 5.97 Å². The van der Waals surface area contributed by atoms with Gasteiger partial charge in [0, 0.05) is 23.7 Å². The van der Waals surface area contributed by atoms with Gasteiger partial charge in [-0.2, -0.15) is 0 Å². The lowest BCUT2D eigenvalue weighted by molar-refractivity contribution is -0.131. The molecule has 0 saturated carbocycles. The van der Waals surface area contributed by atoms with Crippen molar-refractivity contribution in [3.05, 3.63) is 70.0 Å². The SMILES string of the molecule is COc1ccc2c(/C=C/C(=O)O)c3n(c(=O)c2c1)CCc1ccccc1-3. The fourth-order valence-electron chi connectivity index (χ4n) is 3.61. The first-order chi connectivity index (χ1) is 12.6. The molecule has 0 fully saturated rings. The zero-order valence-corrected chi connectivity index (χ0v) is 14.2. The number of pyridine rings is 1. The molecule has 0 unspecified atom stereocenters. The summed E-state index contributed by atoms with van der Waals surface area (Å²) in [6, 6.07) is 13.2. The van der Waals surface area contributed by atoms with Gasteiger partial charge >= 0.3 is 5.97 Å². The molecule has 4 rings (SSSR count). The topological polar surface area (TPSA) is 68.5 Å². The normalized spacial score (nSPS) is 12.8. The maximum Gasteiger partial charge on any atom is 0.328 e. The molecule has 2 heterocycles. The van der Waals surface area contributed by atoms with Crippen LogP contribution in [0.25, 0.3) is 28.1 Å². The molecule has 0 amide bonds. The number of aliphatic carboxylic acids is 1. The molecular weight excluding hydrogens is 330 g/mol. The number of carboxylic acid groups (broad SMARTS) is 1. The molecule has 1 aliphatic heterocycles. The molecule has 5 nitrogen and oxygen atoms in total. The second-order valence-electron chi connectivity index (χ2n) is 6.21. The molecule has 0 bridgehead atoms. The Kier molecular flexibility index (Phi) is 3.84. The van der Waals surface area contributed by atoms with Crippen LogP contribution >= 0.6 is 0 Å². The highest BCUT2D eigenvalue weighted by molar-refractivity contribution is 5.99. The molecule has 3 aromatic rings. The number of aromatic nitrogens is 1. The maximum atomic E-state index is 13.1. The number of nitrogens with zero attached hydrogens (tertiary/aromatic N) is 1. The molecule has 130 valence electrons. The van der Waals surface area contributed by atoms with Crippen molar-refractivity contribution in [2.24, 2.45) is 0 Å². The van der Waals surface area contributed by atoms with E-state index in [4.69, 9.17) is 9.84 Å². The maximum absolute atomic E-state index is 13.1. The average Bonchev–Trinajstić information content (AvgIpc) is 2.67. The summed E-state index contributed by atoms with van der Waals surface area (Å²) < 4.78 is 7.00. The molecule has 0 saturated heterocycles. The summed E-state index contributed by atoms with van der Waals surface area (Å²) in [5.41, 5.74) is 3.54. The zero-order chi connectivity index (χ0) is 18.3. The van der Waals surface area contributed by atoms with Gasteiger partial charge in [-0.15, -0.1) is 0 Å². The van der Waals surface area contributed by atoms with Gasteiger partial charge in [0.2, 0.25) is 0 Å². The van der Waals surface area contributed by atoms with E-state index in [-0.39, 0.29) is 5.56 Å². The summed E-state index contributed by atoms with van der Waals surface area (Å²) in [5.74, 6) is -0.430. The predicted molar refractivity (Wildman–Crippen MR) is 101 cm³/mol. The molecule has 0 aliphatic carbocycles. The van der Waals surface area contributed by atoms with Gasteiger partial charge in [-0.25, -0.2) is 4.79 Å². The third-order valence-corrected chi connectivity index (χ3v) is 4.79. The third kappa shape index (κ3) is 2.49. The van der Waals surface area contributed by atoms with Crippen LogP contribution in [0.5, 0.6) is 5.75 Å².